The molecule has 1 unspecified atom stereocenters. The van der Waals surface area contributed by atoms with E-state index in [1.54, 1.807) is 6.92 Å². The van der Waals surface area contributed by atoms with Crippen LogP contribution in [0.15, 0.2) is 30.6 Å². The predicted molar refractivity (Wildman–Crippen MR) is 80.0 cm³/mol. The van der Waals surface area contributed by atoms with Crippen molar-refractivity contribution in [1.29, 1.82) is 0 Å². The zero-order chi connectivity index (χ0) is 16.3. The highest BCUT2D eigenvalue weighted by Gasteiger charge is 2.21. The standard InChI is InChI=1S/C13H13ClN4O4/c1-2-11(17-7-8(14)6-15-17)13(20)16-10-5-9(18(21)22)3-4-12(10)19/h3-7,11,19H,2H2,1H3,(H,16,20). The van der Waals surface area contributed by atoms with Gasteiger partial charge >= 0.3 is 0 Å². The smallest absolute Gasteiger partial charge is 0.271 e. The number of nitrogens with zero attached hydrogens (tertiary/aromatic N) is 3. The predicted octanol–water partition coefficient (Wildman–Crippen LogP) is 2.74. The lowest BCUT2D eigenvalue weighted by Gasteiger charge is -2.16. The van der Waals surface area contributed by atoms with Crippen molar-refractivity contribution in [3.05, 3.63) is 45.7 Å². The molecule has 8 nitrogen and oxygen atoms in total. The summed E-state index contributed by atoms with van der Waals surface area (Å²) in [6.07, 6.45) is 3.34. The van der Waals surface area contributed by atoms with Gasteiger partial charge in [-0.05, 0) is 12.5 Å². The number of benzene rings is 1. The largest absolute Gasteiger partial charge is 0.506 e. The highest BCUT2D eigenvalue weighted by Crippen LogP contribution is 2.29. The van der Waals surface area contributed by atoms with E-state index in [1.165, 1.54) is 17.1 Å². The van der Waals surface area contributed by atoms with Gasteiger partial charge in [0.15, 0.2) is 0 Å². The van der Waals surface area contributed by atoms with Crippen LogP contribution in [-0.4, -0.2) is 25.7 Å². The maximum Gasteiger partial charge on any atom is 0.271 e. The molecule has 0 bridgehead atoms. The second-order valence-corrected chi connectivity index (χ2v) is 4.95. The fourth-order valence-electron chi connectivity index (χ4n) is 1.93. The molecule has 0 aliphatic rings. The average Bonchev–Trinajstić information content (AvgIpc) is 2.88. The highest BCUT2D eigenvalue weighted by atomic mass is 35.5. The third kappa shape index (κ3) is 3.34. The Morgan fingerprint density at radius 1 is 1.59 bits per heavy atom. The third-order valence-electron chi connectivity index (χ3n) is 3.03. The van der Waals surface area contributed by atoms with Crippen LogP contribution in [-0.2, 0) is 4.79 Å². The highest BCUT2D eigenvalue weighted by molar-refractivity contribution is 6.30. The molecule has 0 fully saturated rings. The van der Waals surface area contributed by atoms with E-state index in [9.17, 15) is 20.0 Å². The SMILES string of the molecule is CCC(C(=O)Nc1cc([N+](=O)[O-])ccc1O)n1cc(Cl)cn1. The van der Waals surface area contributed by atoms with Crippen molar-refractivity contribution in [2.75, 3.05) is 5.32 Å². The Morgan fingerprint density at radius 3 is 2.86 bits per heavy atom. The maximum absolute atomic E-state index is 12.3. The molecular weight excluding hydrogens is 312 g/mol. The van der Waals surface area contributed by atoms with Gasteiger partial charge in [0.25, 0.3) is 5.69 Å². The lowest BCUT2D eigenvalue weighted by Crippen LogP contribution is -2.26. The van der Waals surface area contributed by atoms with Crippen molar-refractivity contribution in [1.82, 2.24) is 9.78 Å². The first kappa shape index (κ1) is 15.8. The number of hydrogen-bond donors (Lipinski definition) is 2. The van der Waals surface area contributed by atoms with E-state index in [4.69, 9.17) is 11.6 Å². The first-order valence-corrected chi connectivity index (χ1v) is 6.78. The number of phenols is 1. The van der Waals surface area contributed by atoms with Gasteiger partial charge in [-0.1, -0.05) is 18.5 Å². The van der Waals surface area contributed by atoms with E-state index in [1.807, 2.05) is 0 Å². The van der Waals surface area contributed by atoms with Crippen LogP contribution in [0.2, 0.25) is 5.02 Å². The minimum atomic E-state index is -0.647. The Balaban J connectivity index is 2.23. The van der Waals surface area contributed by atoms with Crippen LogP contribution < -0.4 is 5.32 Å². The second-order valence-electron chi connectivity index (χ2n) is 4.51. The number of amides is 1. The molecule has 116 valence electrons. The summed E-state index contributed by atoms with van der Waals surface area (Å²) in [5.74, 6) is -0.717. The molecule has 1 aromatic carbocycles. The number of phenolic OH excluding ortho intramolecular Hbond substituents is 1. The molecular formula is C13H13ClN4O4. The first-order valence-electron chi connectivity index (χ1n) is 6.40. The van der Waals surface area contributed by atoms with Gasteiger partial charge in [-0.15, -0.1) is 0 Å². The van der Waals surface area contributed by atoms with Crippen LogP contribution in [0.4, 0.5) is 11.4 Å². The van der Waals surface area contributed by atoms with Crippen LogP contribution >= 0.6 is 11.6 Å². The van der Waals surface area contributed by atoms with Gasteiger partial charge in [-0.25, -0.2) is 0 Å². The van der Waals surface area contributed by atoms with E-state index in [0.29, 0.717) is 11.4 Å². The van der Waals surface area contributed by atoms with Gasteiger partial charge < -0.3 is 10.4 Å². The molecule has 0 aliphatic carbocycles. The zero-order valence-electron chi connectivity index (χ0n) is 11.6. The van der Waals surface area contributed by atoms with Gasteiger partial charge in [0.05, 0.1) is 21.8 Å². The number of carbonyl (C=O) groups is 1. The summed E-state index contributed by atoms with van der Waals surface area (Å²) in [6.45, 7) is 1.78. The number of aromatic nitrogens is 2. The van der Waals surface area contributed by atoms with Crippen molar-refractivity contribution in [3.8, 4) is 5.75 Å². The zero-order valence-corrected chi connectivity index (χ0v) is 12.3. The number of nitro benzene ring substituents is 1. The number of nitro groups is 1. The molecule has 0 radical (unpaired) electrons. The minimum Gasteiger partial charge on any atom is -0.506 e. The van der Waals surface area contributed by atoms with E-state index < -0.39 is 16.9 Å². The summed E-state index contributed by atoms with van der Waals surface area (Å²) in [7, 11) is 0. The lowest BCUT2D eigenvalue weighted by atomic mass is 10.2. The lowest BCUT2D eigenvalue weighted by molar-refractivity contribution is -0.384. The van der Waals surface area contributed by atoms with Crippen molar-refractivity contribution in [3.63, 3.8) is 0 Å². The summed E-state index contributed by atoms with van der Waals surface area (Å²) in [4.78, 5) is 22.4. The third-order valence-corrected chi connectivity index (χ3v) is 3.22. The monoisotopic (exact) mass is 324 g/mol. The molecule has 0 spiro atoms. The number of hydrogen-bond acceptors (Lipinski definition) is 5. The van der Waals surface area contributed by atoms with Crippen molar-refractivity contribution >= 4 is 28.9 Å². The number of anilines is 1. The molecule has 2 aromatic rings. The topological polar surface area (TPSA) is 110 Å². The molecule has 1 heterocycles. The van der Waals surface area contributed by atoms with Crippen molar-refractivity contribution < 1.29 is 14.8 Å². The molecule has 1 aromatic heterocycles. The Labute approximate surface area is 130 Å². The average molecular weight is 325 g/mol. The summed E-state index contributed by atoms with van der Waals surface area (Å²) in [5, 5.41) is 27.3. The Morgan fingerprint density at radius 2 is 2.32 bits per heavy atom. The second kappa shape index (κ2) is 6.44. The van der Waals surface area contributed by atoms with Gasteiger partial charge in [-0.2, -0.15) is 5.10 Å². The van der Waals surface area contributed by atoms with Gasteiger partial charge in [0, 0.05) is 18.3 Å². The molecule has 2 N–H and O–H groups in total. The van der Waals surface area contributed by atoms with E-state index >= 15 is 0 Å². The minimum absolute atomic E-state index is 0.0316. The number of halogens is 1. The number of nitrogens with one attached hydrogen (secondary N) is 1. The number of aromatic hydroxyl groups is 1. The van der Waals surface area contributed by atoms with Crippen molar-refractivity contribution in [2.45, 2.75) is 19.4 Å². The van der Waals surface area contributed by atoms with Crippen LogP contribution in [0.5, 0.6) is 5.75 Å². The number of non-ortho nitro benzene ring substituents is 1. The summed E-state index contributed by atoms with van der Waals surface area (Å²) in [5.41, 5.74) is -0.265. The molecule has 2 rings (SSSR count). The summed E-state index contributed by atoms with van der Waals surface area (Å²) in [6, 6.07) is 2.75. The molecule has 9 heteroatoms. The summed E-state index contributed by atoms with van der Waals surface area (Å²) >= 11 is 5.78. The Hall–Kier alpha value is -2.61. The molecule has 0 saturated carbocycles. The summed E-state index contributed by atoms with van der Waals surface area (Å²) < 4.78 is 1.39. The Bertz CT molecular complexity index is 716. The van der Waals surface area contributed by atoms with Crippen LogP contribution in [0.1, 0.15) is 19.4 Å². The number of rotatable bonds is 5. The van der Waals surface area contributed by atoms with E-state index in [0.717, 1.165) is 18.2 Å². The maximum atomic E-state index is 12.3. The molecule has 0 aliphatic heterocycles. The molecule has 1 atom stereocenters. The van der Waals surface area contributed by atoms with Crippen LogP contribution in [0, 0.1) is 10.1 Å². The normalized spacial score (nSPS) is 11.9. The first-order chi connectivity index (χ1) is 10.4. The van der Waals surface area contributed by atoms with Crippen LogP contribution in [0.3, 0.4) is 0 Å². The quantitative estimate of drug-likeness (QED) is 0.499. The van der Waals surface area contributed by atoms with E-state index in [2.05, 4.69) is 10.4 Å². The van der Waals surface area contributed by atoms with Gasteiger partial charge in [-0.3, -0.25) is 19.6 Å². The van der Waals surface area contributed by atoms with Crippen molar-refractivity contribution in [2.24, 2.45) is 0 Å². The Kier molecular flexibility index (Phi) is 4.62. The van der Waals surface area contributed by atoms with Crippen LogP contribution in [0.25, 0.3) is 0 Å². The molecule has 1 amide bonds. The van der Waals surface area contributed by atoms with Gasteiger partial charge in [0.2, 0.25) is 5.91 Å². The fourth-order valence-corrected chi connectivity index (χ4v) is 2.08. The van der Waals surface area contributed by atoms with E-state index in [-0.39, 0.29) is 17.1 Å². The fraction of sp³-hybridized carbons (Fsp3) is 0.231. The number of carbonyl (C=O) groups excluding carboxylic acids is 1. The molecule has 0 saturated heterocycles. The molecule has 22 heavy (non-hydrogen) atoms. The van der Waals surface area contributed by atoms with Gasteiger partial charge in [0.1, 0.15) is 11.8 Å².